The molecule has 36 heavy (non-hydrogen) atoms. The van der Waals surface area contributed by atoms with Gasteiger partial charge in [0.2, 0.25) is 0 Å². The summed E-state index contributed by atoms with van der Waals surface area (Å²) in [5, 5.41) is 2.09. The molecular formula is C33H41NOSi. The minimum atomic E-state index is -1.27. The lowest BCUT2D eigenvalue weighted by atomic mass is 9.82. The summed E-state index contributed by atoms with van der Waals surface area (Å²) in [6.45, 7) is 9.59. The van der Waals surface area contributed by atoms with Crippen molar-refractivity contribution in [1.29, 1.82) is 0 Å². The summed E-state index contributed by atoms with van der Waals surface area (Å²) in [5.41, 5.74) is 9.01. The van der Waals surface area contributed by atoms with E-state index in [0.29, 0.717) is 5.04 Å². The number of aryl methyl sites for hydroxylation is 2. The Bertz CT molecular complexity index is 1360. The molecule has 1 aromatic heterocycles. The summed E-state index contributed by atoms with van der Waals surface area (Å²) < 4.78 is 8.45. The van der Waals surface area contributed by atoms with Crippen molar-refractivity contribution in [2.45, 2.75) is 81.5 Å². The van der Waals surface area contributed by atoms with E-state index in [1.807, 2.05) is 0 Å². The lowest BCUT2D eigenvalue weighted by Crippen LogP contribution is -2.61. The van der Waals surface area contributed by atoms with E-state index in [1.165, 1.54) is 65.9 Å². The molecule has 0 N–H and O–H groups in total. The fraction of sp³-hybridized carbons (Fsp3) is 0.455. The first kappa shape index (κ1) is 24.0. The molecule has 2 unspecified atom stereocenters. The normalized spacial score (nSPS) is 23.1. The van der Waals surface area contributed by atoms with Crippen LogP contribution in [0.5, 0.6) is 0 Å². The van der Waals surface area contributed by atoms with Crippen LogP contribution in [-0.4, -0.2) is 25.6 Å². The van der Waals surface area contributed by atoms with Crippen LogP contribution in [0, 0.1) is 6.92 Å². The Balaban J connectivity index is 1.34. The topological polar surface area (TPSA) is 14.2 Å². The Morgan fingerprint density at radius 3 is 2.50 bits per heavy atom. The van der Waals surface area contributed by atoms with Gasteiger partial charge in [-0.3, -0.25) is 0 Å². The molecule has 1 aliphatic heterocycles. The summed E-state index contributed by atoms with van der Waals surface area (Å²) in [7, 11) is 1.02. The molecule has 6 rings (SSSR count). The number of hydrogen-bond acceptors (Lipinski definition) is 1. The van der Waals surface area contributed by atoms with E-state index in [1.54, 1.807) is 11.1 Å². The van der Waals surface area contributed by atoms with Gasteiger partial charge in [-0.05, 0) is 63.8 Å². The summed E-state index contributed by atoms with van der Waals surface area (Å²) in [6, 6.07) is 17.9. The number of hydrogen-bond donors (Lipinski definition) is 0. The highest BCUT2D eigenvalue weighted by Crippen LogP contribution is 2.71. The van der Waals surface area contributed by atoms with Gasteiger partial charge in [-0.25, -0.2) is 0 Å². The SMILES string of the molecule is Cc1ccc2c(c1)c1c(n2C)-c2ccccc2C12CC1(C=CC=C1)[SiH]2CCCCCCOC(C)(C)C. The molecule has 0 amide bonds. The van der Waals surface area contributed by atoms with E-state index >= 15 is 0 Å². The Morgan fingerprint density at radius 2 is 1.72 bits per heavy atom. The van der Waals surface area contributed by atoms with Gasteiger partial charge < -0.3 is 9.30 Å². The van der Waals surface area contributed by atoms with Crippen molar-refractivity contribution in [1.82, 2.24) is 4.57 Å². The van der Waals surface area contributed by atoms with Gasteiger partial charge in [0.25, 0.3) is 0 Å². The summed E-state index contributed by atoms with van der Waals surface area (Å²) >= 11 is 0. The van der Waals surface area contributed by atoms with Crippen LogP contribution < -0.4 is 0 Å². The fourth-order valence-electron chi connectivity index (χ4n) is 7.71. The second-order valence-electron chi connectivity index (χ2n) is 12.5. The highest BCUT2D eigenvalue weighted by Gasteiger charge is 2.66. The molecule has 0 radical (unpaired) electrons. The molecule has 2 aliphatic carbocycles. The molecule has 3 aromatic rings. The smallest absolute Gasteiger partial charge is 0.0700 e. The molecule has 1 saturated heterocycles. The summed E-state index contributed by atoms with van der Waals surface area (Å²) in [6.07, 6.45) is 16.2. The zero-order valence-corrected chi connectivity index (χ0v) is 23.9. The highest BCUT2D eigenvalue weighted by atomic mass is 28.3. The number of allylic oxidation sites excluding steroid dienone is 4. The number of aromatic nitrogens is 1. The van der Waals surface area contributed by atoms with Crippen LogP contribution in [-0.2, 0) is 16.8 Å². The minimum absolute atomic E-state index is 0.0247. The van der Waals surface area contributed by atoms with Crippen LogP contribution >= 0.6 is 0 Å². The van der Waals surface area contributed by atoms with Crippen molar-refractivity contribution < 1.29 is 4.74 Å². The Morgan fingerprint density at radius 1 is 0.972 bits per heavy atom. The fourth-order valence-corrected chi connectivity index (χ4v) is 13.1. The van der Waals surface area contributed by atoms with Gasteiger partial charge in [-0.2, -0.15) is 0 Å². The third-order valence-electron chi connectivity index (χ3n) is 9.14. The van der Waals surface area contributed by atoms with Crippen molar-refractivity contribution in [2.24, 2.45) is 7.05 Å². The van der Waals surface area contributed by atoms with Gasteiger partial charge in [0, 0.05) is 40.2 Å². The third-order valence-corrected chi connectivity index (χ3v) is 14.0. The number of ether oxygens (including phenoxy) is 1. The maximum Gasteiger partial charge on any atom is 0.0700 e. The van der Waals surface area contributed by atoms with E-state index in [9.17, 15) is 0 Å². The van der Waals surface area contributed by atoms with Crippen molar-refractivity contribution in [3.8, 4) is 11.3 Å². The minimum Gasteiger partial charge on any atom is -0.376 e. The molecule has 188 valence electrons. The number of nitrogens with zero attached hydrogens (tertiary/aromatic N) is 1. The van der Waals surface area contributed by atoms with E-state index in [4.69, 9.17) is 4.74 Å². The van der Waals surface area contributed by atoms with Crippen LogP contribution in [0.2, 0.25) is 11.1 Å². The van der Waals surface area contributed by atoms with Crippen molar-refractivity contribution in [2.75, 3.05) is 6.61 Å². The van der Waals surface area contributed by atoms with Gasteiger partial charge in [-0.1, -0.05) is 85.5 Å². The van der Waals surface area contributed by atoms with Crippen LogP contribution in [0.4, 0.5) is 0 Å². The first-order chi connectivity index (χ1) is 17.3. The molecule has 2 heterocycles. The third kappa shape index (κ3) is 3.54. The monoisotopic (exact) mass is 495 g/mol. The van der Waals surface area contributed by atoms with Crippen LogP contribution in [0.15, 0.2) is 66.8 Å². The van der Waals surface area contributed by atoms with E-state index in [-0.39, 0.29) is 10.6 Å². The average molecular weight is 496 g/mol. The number of fused-ring (bicyclic) bond motifs is 7. The maximum atomic E-state index is 5.96. The molecule has 0 saturated carbocycles. The van der Waals surface area contributed by atoms with Gasteiger partial charge in [0.15, 0.2) is 0 Å². The summed E-state index contributed by atoms with van der Waals surface area (Å²) in [5.74, 6) is 0. The second-order valence-corrected chi connectivity index (χ2v) is 16.3. The van der Waals surface area contributed by atoms with Crippen LogP contribution in [0.3, 0.4) is 0 Å². The standard InChI is InChI=1S/C33H41NOSi/c1-24-16-17-28-26(22-24)29-30(34(28)5)25-14-8-9-15-27(25)33(29)23-32(18-10-11-19-32)36(33)21-13-7-6-12-20-35-31(2,3)4/h8-11,14-19,22,36H,6-7,12-13,20-21,23H2,1-5H3. The van der Waals surface area contributed by atoms with Crippen molar-refractivity contribution in [3.63, 3.8) is 0 Å². The van der Waals surface area contributed by atoms with Gasteiger partial charge in [0.1, 0.15) is 0 Å². The predicted octanol–water partition coefficient (Wildman–Crippen LogP) is 8.17. The first-order valence-electron chi connectivity index (χ1n) is 14.0. The van der Waals surface area contributed by atoms with Gasteiger partial charge >= 0.3 is 0 Å². The summed E-state index contributed by atoms with van der Waals surface area (Å²) in [4.78, 5) is 0. The Hall–Kier alpha value is -2.36. The molecular weight excluding hydrogens is 454 g/mol. The lowest BCUT2D eigenvalue weighted by Gasteiger charge is -2.59. The first-order valence-corrected chi connectivity index (χ1v) is 15.9. The van der Waals surface area contributed by atoms with Crippen LogP contribution in [0.1, 0.15) is 69.6 Å². The average Bonchev–Trinajstić information content (AvgIpc) is 3.51. The Labute approximate surface area is 218 Å². The second kappa shape index (κ2) is 8.60. The largest absolute Gasteiger partial charge is 0.376 e. The number of benzene rings is 2. The van der Waals surface area contributed by atoms with Crippen molar-refractivity contribution >= 4 is 19.7 Å². The van der Waals surface area contributed by atoms with E-state index in [0.717, 1.165) is 6.61 Å². The van der Waals surface area contributed by atoms with E-state index < -0.39 is 8.80 Å². The maximum absolute atomic E-state index is 5.96. The van der Waals surface area contributed by atoms with E-state index in [2.05, 4.69) is 106 Å². The molecule has 3 aliphatic rings. The zero-order valence-electron chi connectivity index (χ0n) is 22.7. The highest BCUT2D eigenvalue weighted by molar-refractivity contribution is 6.72. The Kier molecular flexibility index (Phi) is 5.73. The molecule has 2 aromatic carbocycles. The zero-order chi connectivity index (χ0) is 25.1. The molecule has 2 atom stereocenters. The number of rotatable bonds is 7. The lowest BCUT2D eigenvalue weighted by molar-refractivity contribution is -0.00471. The molecule has 1 fully saturated rings. The van der Waals surface area contributed by atoms with Crippen molar-refractivity contribution in [3.05, 3.63) is 83.5 Å². The quantitative estimate of drug-likeness (QED) is 0.238. The van der Waals surface area contributed by atoms with Gasteiger partial charge in [-0.15, -0.1) is 0 Å². The molecule has 2 spiro atoms. The molecule has 3 heteroatoms. The van der Waals surface area contributed by atoms with Gasteiger partial charge in [0.05, 0.1) is 20.1 Å². The molecule has 0 bridgehead atoms. The van der Waals surface area contributed by atoms with Crippen LogP contribution in [0.25, 0.3) is 22.2 Å². The molecule has 2 nitrogen and oxygen atoms in total. The number of unbranched alkanes of at least 4 members (excludes halogenated alkanes) is 3. The predicted molar refractivity (Wildman–Crippen MR) is 156 cm³/mol.